The largest absolute Gasteiger partial charge is 0.465 e. The van der Waals surface area contributed by atoms with E-state index in [2.05, 4.69) is 27.9 Å². The molecular formula is C24H23N3O3. The number of ether oxygens (including phenoxy) is 1. The number of fused-ring (bicyclic) bond motifs is 1. The number of hydrogen-bond acceptors (Lipinski definition) is 5. The van der Waals surface area contributed by atoms with Crippen molar-refractivity contribution < 1.29 is 14.1 Å². The van der Waals surface area contributed by atoms with Crippen LogP contribution in [0.1, 0.15) is 52.0 Å². The Hall–Kier alpha value is -3.41. The molecule has 0 unspecified atom stereocenters. The van der Waals surface area contributed by atoms with E-state index in [1.807, 2.05) is 38.1 Å². The molecule has 0 atom stereocenters. The van der Waals surface area contributed by atoms with Gasteiger partial charge in [0, 0.05) is 18.0 Å². The molecule has 0 aliphatic heterocycles. The lowest BCUT2D eigenvalue weighted by molar-refractivity contribution is 0.0603. The van der Waals surface area contributed by atoms with E-state index in [-0.39, 0.29) is 5.97 Å². The average Bonchev–Trinajstić information content (AvgIpc) is 3.47. The van der Waals surface area contributed by atoms with Crippen LogP contribution in [0.2, 0.25) is 0 Å². The van der Waals surface area contributed by atoms with Crippen molar-refractivity contribution in [1.82, 2.24) is 14.7 Å². The number of aromatic nitrogens is 3. The van der Waals surface area contributed by atoms with Crippen LogP contribution in [0.25, 0.3) is 22.2 Å². The minimum absolute atomic E-state index is 0.389. The summed E-state index contributed by atoms with van der Waals surface area (Å²) in [7, 11) is 1.40. The number of carbonyl (C=O) groups excluding carboxylic acids is 1. The maximum absolute atomic E-state index is 12.7. The Bertz CT molecular complexity index is 1230. The zero-order valence-electron chi connectivity index (χ0n) is 17.3. The minimum atomic E-state index is -0.389. The van der Waals surface area contributed by atoms with Crippen molar-refractivity contribution in [3.63, 3.8) is 0 Å². The molecule has 4 aromatic rings. The Kier molecular flexibility index (Phi) is 4.42. The van der Waals surface area contributed by atoms with Crippen LogP contribution in [0.15, 0.2) is 47.0 Å². The zero-order valence-corrected chi connectivity index (χ0v) is 17.3. The highest BCUT2D eigenvalue weighted by Gasteiger charge is 2.31. The smallest absolute Gasteiger partial charge is 0.340 e. The Morgan fingerprint density at radius 1 is 1.20 bits per heavy atom. The van der Waals surface area contributed by atoms with Gasteiger partial charge in [-0.3, -0.25) is 0 Å². The van der Waals surface area contributed by atoms with Crippen molar-refractivity contribution in [2.45, 2.75) is 39.2 Å². The van der Waals surface area contributed by atoms with Crippen LogP contribution in [-0.2, 0) is 11.3 Å². The molecule has 1 fully saturated rings. The molecule has 6 nitrogen and oxygen atoms in total. The highest BCUT2D eigenvalue weighted by molar-refractivity contribution is 6.04. The van der Waals surface area contributed by atoms with E-state index >= 15 is 0 Å². The number of carbonyl (C=O) groups is 1. The van der Waals surface area contributed by atoms with Crippen molar-refractivity contribution >= 4 is 17.0 Å². The molecule has 5 rings (SSSR count). The third-order valence-electron chi connectivity index (χ3n) is 5.74. The molecule has 0 N–H and O–H groups in total. The van der Waals surface area contributed by atoms with Gasteiger partial charge in [0.25, 0.3) is 0 Å². The monoisotopic (exact) mass is 401 g/mol. The van der Waals surface area contributed by atoms with Gasteiger partial charge < -0.3 is 13.8 Å². The van der Waals surface area contributed by atoms with Gasteiger partial charge in [-0.25, -0.2) is 9.78 Å². The Morgan fingerprint density at radius 3 is 2.60 bits per heavy atom. The standard InChI is InChI=1S/C24H23N3O3/c1-14-21(15(2)30-26-14)18-11-19(24(28)29-3)22-20(12-18)27(23(25-22)17-9-10-17)13-16-7-5-4-6-8-16/h4-8,11-12,17H,9-10,13H2,1-3H3. The normalized spacial score (nSPS) is 13.7. The first-order chi connectivity index (χ1) is 14.6. The third kappa shape index (κ3) is 3.09. The first kappa shape index (κ1) is 18.6. The van der Waals surface area contributed by atoms with Gasteiger partial charge in [0.1, 0.15) is 17.1 Å². The van der Waals surface area contributed by atoms with Crippen molar-refractivity contribution in [1.29, 1.82) is 0 Å². The number of esters is 1. The van der Waals surface area contributed by atoms with Gasteiger partial charge in [-0.05, 0) is 49.9 Å². The van der Waals surface area contributed by atoms with Gasteiger partial charge in [-0.2, -0.15) is 0 Å². The van der Waals surface area contributed by atoms with Crippen LogP contribution in [0.5, 0.6) is 0 Å². The maximum Gasteiger partial charge on any atom is 0.340 e. The molecule has 1 aliphatic rings. The molecule has 30 heavy (non-hydrogen) atoms. The molecule has 1 aliphatic carbocycles. The predicted octanol–water partition coefficient (Wildman–Crippen LogP) is 5.02. The minimum Gasteiger partial charge on any atom is -0.465 e. The van der Waals surface area contributed by atoms with E-state index < -0.39 is 0 Å². The summed E-state index contributed by atoms with van der Waals surface area (Å²) >= 11 is 0. The summed E-state index contributed by atoms with van der Waals surface area (Å²) in [5.41, 5.74) is 5.87. The molecule has 6 heteroatoms. The number of hydrogen-bond donors (Lipinski definition) is 0. The van der Waals surface area contributed by atoms with E-state index in [0.717, 1.165) is 46.8 Å². The summed E-state index contributed by atoms with van der Waals surface area (Å²) in [6.07, 6.45) is 2.25. The lowest BCUT2D eigenvalue weighted by Gasteiger charge is -2.11. The molecule has 1 saturated carbocycles. The molecule has 0 saturated heterocycles. The predicted molar refractivity (Wildman–Crippen MR) is 114 cm³/mol. The highest BCUT2D eigenvalue weighted by atomic mass is 16.5. The van der Waals surface area contributed by atoms with E-state index in [0.29, 0.717) is 23.5 Å². The Morgan fingerprint density at radius 2 is 1.97 bits per heavy atom. The van der Waals surface area contributed by atoms with Crippen LogP contribution in [0.3, 0.4) is 0 Å². The molecule has 2 heterocycles. The quantitative estimate of drug-likeness (QED) is 0.439. The molecule has 152 valence electrons. The summed E-state index contributed by atoms with van der Waals surface area (Å²) in [5, 5.41) is 4.09. The average molecular weight is 401 g/mol. The van der Waals surface area contributed by atoms with E-state index in [1.165, 1.54) is 12.7 Å². The number of imidazole rings is 1. The van der Waals surface area contributed by atoms with E-state index in [1.54, 1.807) is 0 Å². The second kappa shape index (κ2) is 7.13. The van der Waals surface area contributed by atoms with E-state index in [9.17, 15) is 4.79 Å². The fourth-order valence-electron chi connectivity index (χ4n) is 4.13. The van der Waals surface area contributed by atoms with Crippen LogP contribution in [-0.4, -0.2) is 27.8 Å². The van der Waals surface area contributed by atoms with Crippen molar-refractivity contribution in [2.24, 2.45) is 0 Å². The topological polar surface area (TPSA) is 70.2 Å². The summed E-state index contributed by atoms with van der Waals surface area (Å²) in [6.45, 7) is 4.49. The maximum atomic E-state index is 12.7. The van der Waals surface area contributed by atoms with Gasteiger partial charge in [0.05, 0.1) is 23.9 Å². The van der Waals surface area contributed by atoms with Crippen LogP contribution >= 0.6 is 0 Å². The fourth-order valence-corrected chi connectivity index (χ4v) is 4.13. The van der Waals surface area contributed by atoms with Crippen LogP contribution < -0.4 is 0 Å². The lowest BCUT2D eigenvalue weighted by atomic mass is 10.00. The fraction of sp³-hybridized carbons (Fsp3) is 0.292. The number of nitrogens with zero attached hydrogens (tertiary/aromatic N) is 3. The summed E-state index contributed by atoms with van der Waals surface area (Å²) in [6, 6.07) is 14.3. The van der Waals surface area contributed by atoms with Gasteiger partial charge in [-0.1, -0.05) is 35.5 Å². The van der Waals surface area contributed by atoms with Crippen molar-refractivity contribution in [2.75, 3.05) is 7.11 Å². The van der Waals surface area contributed by atoms with Crippen molar-refractivity contribution in [3.8, 4) is 11.1 Å². The number of aryl methyl sites for hydroxylation is 2. The van der Waals surface area contributed by atoms with Crippen molar-refractivity contribution in [3.05, 3.63) is 70.9 Å². The van der Waals surface area contributed by atoms with E-state index in [4.69, 9.17) is 14.2 Å². The SMILES string of the molecule is COC(=O)c1cc(-c2c(C)noc2C)cc2c1nc(C1CC1)n2Cc1ccccc1. The summed E-state index contributed by atoms with van der Waals surface area (Å²) in [5.74, 6) is 1.81. The molecule has 2 aromatic heterocycles. The van der Waals surface area contributed by atoms with Crippen LogP contribution in [0.4, 0.5) is 0 Å². The first-order valence-corrected chi connectivity index (χ1v) is 10.2. The number of benzene rings is 2. The number of rotatable bonds is 5. The second-order valence-corrected chi connectivity index (χ2v) is 7.90. The Balaban J connectivity index is 1.78. The van der Waals surface area contributed by atoms with Gasteiger partial charge in [0.15, 0.2) is 0 Å². The highest BCUT2D eigenvalue weighted by Crippen LogP contribution is 2.42. The van der Waals surface area contributed by atoms with Gasteiger partial charge in [-0.15, -0.1) is 0 Å². The molecule has 0 bridgehead atoms. The molecule has 0 spiro atoms. The summed E-state index contributed by atoms with van der Waals surface area (Å²) < 4.78 is 12.7. The lowest BCUT2D eigenvalue weighted by Crippen LogP contribution is -2.05. The molecule has 0 radical (unpaired) electrons. The zero-order chi connectivity index (χ0) is 20.8. The molecule has 2 aromatic carbocycles. The molecular weight excluding hydrogens is 378 g/mol. The van der Waals surface area contributed by atoms with Crippen LogP contribution in [0, 0.1) is 13.8 Å². The Labute approximate surface area is 174 Å². The first-order valence-electron chi connectivity index (χ1n) is 10.2. The third-order valence-corrected chi connectivity index (χ3v) is 5.74. The van der Waals surface area contributed by atoms with Gasteiger partial charge in [0.2, 0.25) is 0 Å². The second-order valence-electron chi connectivity index (χ2n) is 7.90. The molecule has 0 amide bonds. The van der Waals surface area contributed by atoms with Gasteiger partial charge >= 0.3 is 5.97 Å². The summed E-state index contributed by atoms with van der Waals surface area (Å²) in [4.78, 5) is 17.6. The number of methoxy groups -OCH3 is 1.